The first-order valence-electron chi connectivity index (χ1n) is 7.96. The summed E-state index contributed by atoms with van der Waals surface area (Å²) in [5.41, 5.74) is 0. The molecule has 7 nitrogen and oxygen atoms in total. The van der Waals surface area contributed by atoms with E-state index in [1.807, 2.05) is 6.92 Å². The number of methoxy groups -OCH3 is 3. The topological polar surface area (TPSA) is 85.9 Å². The molecule has 1 aliphatic heterocycles. The number of sulfonamides is 1. The summed E-state index contributed by atoms with van der Waals surface area (Å²) in [6.45, 7) is 3.67. The molecule has 0 spiro atoms. The normalized spacial score (nSPS) is 19.6. The van der Waals surface area contributed by atoms with Gasteiger partial charge in [0.15, 0.2) is 4.90 Å². The van der Waals surface area contributed by atoms with E-state index in [9.17, 15) is 8.42 Å². The van der Waals surface area contributed by atoms with E-state index in [0.29, 0.717) is 5.75 Å². The van der Waals surface area contributed by atoms with Gasteiger partial charge in [0, 0.05) is 18.2 Å². The van der Waals surface area contributed by atoms with Crippen LogP contribution in [0.5, 0.6) is 17.2 Å². The molecule has 1 heterocycles. The smallest absolute Gasteiger partial charge is 0.248 e. The summed E-state index contributed by atoms with van der Waals surface area (Å²) >= 11 is 0. The highest BCUT2D eigenvalue weighted by Crippen LogP contribution is 2.37. The summed E-state index contributed by atoms with van der Waals surface area (Å²) in [5.74, 6) is 1.09. The SMILES string of the molecule is COc1cc(OC)c(S(=O)(=O)NC(C)C2CCCNC2)c(OC)c1. The number of hydrogen-bond donors (Lipinski definition) is 2. The van der Waals surface area contributed by atoms with Crippen LogP contribution in [0, 0.1) is 5.92 Å². The van der Waals surface area contributed by atoms with Crippen LogP contribution in [0.25, 0.3) is 0 Å². The molecule has 0 saturated carbocycles. The molecule has 1 saturated heterocycles. The number of nitrogens with one attached hydrogen (secondary N) is 2. The average molecular weight is 358 g/mol. The lowest BCUT2D eigenvalue weighted by Crippen LogP contribution is -2.44. The molecule has 0 aromatic heterocycles. The molecule has 2 rings (SSSR count). The van der Waals surface area contributed by atoms with Crippen LogP contribution in [0.4, 0.5) is 0 Å². The highest BCUT2D eigenvalue weighted by Gasteiger charge is 2.30. The number of benzene rings is 1. The monoisotopic (exact) mass is 358 g/mol. The fraction of sp³-hybridized carbons (Fsp3) is 0.625. The van der Waals surface area contributed by atoms with Crippen molar-refractivity contribution in [3.63, 3.8) is 0 Å². The summed E-state index contributed by atoms with van der Waals surface area (Å²) in [7, 11) is 0.533. The fourth-order valence-electron chi connectivity index (χ4n) is 2.94. The Morgan fingerprint density at radius 3 is 2.25 bits per heavy atom. The van der Waals surface area contributed by atoms with Gasteiger partial charge in [0.05, 0.1) is 21.3 Å². The summed E-state index contributed by atoms with van der Waals surface area (Å²) < 4.78 is 44.2. The Morgan fingerprint density at radius 1 is 1.17 bits per heavy atom. The van der Waals surface area contributed by atoms with Crippen molar-refractivity contribution in [1.29, 1.82) is 0 Å². The zero-order chi connectivity index (χ0) is 17.7. The quantitative estimate of drug-likeness (QED) is 0.766. The summed E-state index contributed by atoms with van der Waals surface area (Å²) in [5, 5.41) is 3.30. The van der Waals surface area contributed by atoms with Crippen molar-refractivity contribution in [2.24, 2.45) is 5.92 Å². The molecule has 1 aromatic rings. The van der Waals surface area contributed by atoms with Crippen molar-refractivity contribution in [1.82, 2.24) is 10.0 Å². The first kappa shape index (κ1) is 18.8. The Kier molecular flexibility index (Phi) is 6.31. The molecule has 1 aromatic carbocycles. The largest absolute Gasteiger partial charge is 0.496 e. The molecule has 24 heavy (non-hydrogen) atoms. The third-order valence-electron chi connectivity index (χ3n) is 4.32. The van der Waals surface area contributed by atoms with E-state index in [2.05, 4.69) is 10.0 Å². The Balaban J connectivity index is 2.33. The zero-order valence-corrected chi connectivity index (χ0v) is 15.4. The van der Waals surface area contributed by atoms with Gasteiger partial charge in [0.25, 0.3) is 0 Å². The summed E-state index contributed by atoms with van der Waals surface area (Å²) in [4.78, 5) is -0.0103. The lowest BCUT2D eigenvalue weighted by molar-refractivity contribution is 0.319. The Bertz CT molecular complexity index is 631. The van der Waals surface area contributed by atoms with Crippen molar-refractivity contribution < 1.29 is 22.6 Å². The fourth-order valence-corrected chi connectivity index (χ4v) is 4.56. The van der Waals surface area contributed by atoms with Crippen LogP contribution in [0.3, 0.4) is 0 Å². The van der Waals surface area contributed by atoms with Crippen molar-refractivity contribution in [2.45, 2.75) is 30.7 Å². The number of ether oxygens (including phenoxy) is 3. The lowest BCUT2D eigenvalue weighted by Gasteiger charge is -2.29. The van der Waals surface area contributed by atoms with Crippen LogP contribution < -0.4 is 24.2 Å². The van der Waals surface area contributed by atoms with E-state index in [1.165, 1.54) is 33.5 Å². The number of rotatable bonds is 7. The van der Waals surface area contributed by atoms with Gasteiger partial charge in [0.1, 0.15) is 17.2 Å². The maximum absolute atomic E-state index is 12.9. The van der Waals surface area contributed by atoms with Gasteiger partial charge in [-0.15, -0.1) is 0 Å². The predicted octanol–water partition coefficient (Wildman–Crippen LogP) is 1.38. The first-order chi connectivity index (χ1) is 11.4. The molecule has 136 valence electrons. The van der Waals surface area contributed by atoms with Gasteiger partial charge < -0.3 is 19.5 Å². The summed E-state index contributed by atoms with van der Waals surface area (Å²) in [6, 6.07) is 2.87. The average Bonchev–Trinajstić information content (AvgIpc) is 2.60. The van der Waals surface area contributed by atoms with Crippen LogP contribution in [-0.2, 0) is 10.0 Å². The van der Waals surface area contributed by atoms with Crippen molar-refractivity contribution in [3.05, 3.63) is 12.1 Å². The van der Waals surface area contributed by atoms with Crippen LogP contribution in [-0.4, -0.2) is 48.9 Å². The van der Waals surface area contributed by atoms with Crippen molar-refractivity contribution >= 4 is 10.0 Å². The standard InChI is InChI=1S/C16H26N2O5S/c1-11(12-6-5-7-17-10-12)18-24(19,20)16-14(22-3)8-13(21-2)9-15(16)23-4/h8-9,11-12,17-18H,5-7,10H2,1-4H3. The molecule has 0 bridgehead atoms. The molecule has 8 heteroatoms. The van der Waals surface area contributed by atoms with Crippen LogP contribution in [0.2, 0.25) is 0 Å². The van der Waals surface area contributed by atoms with E-state index in [1.54, 1.807) is 0 Å². The molecule has 0 amide bonds. The van der Waals surface area contributed by atoms with Crippen molar-refractivity contribution in [3.8, 4) is 17.2 Å². The zero-order valence-electron chi connectivity index (χ0n) is 14.6. The second kappa shape index (κ2) is 8.04. The van der Waals surface area contributed by atoms with E-state index >= 15 is 0 Å². The van der Waals surface area contributed by atoms with E-state index in [4.69, 9.17) is 14.2 Å². The van der Waals surface area contributed by atoms with Gasteiger partial charge in [-0.2, -0.15) is 0 Å². The molecule has 2 unspecified atom stereocenters. The Labute approximate surface area is 143 Å². The maximum atomic E-state index is 12.9. The van der Waals surface area contributed by atoms with E-state index in [0.717, 1.165) is 25.9 Å². The third kappa shape index (κ3) is 4.12. The first-order valence-corrected chi connectivity index (χ1v) is 9.44. The molecule has 2 atom stereocenters. The second-order valence-corrected chi connectivity index (χ2v) is 7.53. The van der Waals surface area contributed by atoms with Gasteiger partial charge in [-0.1, -0.05) is 0 Å². The van der Waals surface area contributed by atoms with Crippen LogP contribution >= 0.6 is 0 Å². The lowest BCUT2D eigenvalue weighted by atomic mass is 9.94. The highest BCUT2D eigenvalue weighted by molar-refractivity contribution is 7.89. The minimum Gasteiger partial charge on any atom is -0.496 e. The van der Waals surface area contributed by atoms with Gasteiger partial charge in [0.2, 0.25) is 10.0 Å². The molecule has 0 radical (unpaired) electrons. The number of hydrogen-bond acceptors (Lipinski definition) is 6. The molecule has 2 N–H and O–H groups in total. The molecular weight excluding hydrogens is 332 g/mol. The predicted molar refractivity (Wildman–Crippen MR) is 91.5 cm³/mol. The van der Waals surface area contributed by atoms with Gasteiger partial charge in [-0.25, -0.2) is 13.1 Å². The molecule has 1 fully saturated rings. The van der Waals surface area contributed by atoms with Gasteiger partial charge in [-0.05, 0) is 38.8 Å². The third-order valence-corrected chi connectivity index (χ3v) is 5.94. The minimum atomic E-state index is -3.80. The second-order valence-electron chi connectivity index (χ2n) is 5.88. The van der Waals surface area contributed by atoms with E-state index < -0.39 is 10.0 Å². The van der Waals surface area contributed by atoms with Crippen molar-refractivity contribution in [2.75, 3.05) is 34.4 Å². The summed E-state index contributed by atoms with van der Waals surface area (Å²) in [6.07, 6.45) is 2.04. The minimum absolute atomic E-state index is 0.0103. The van der Waals surface area contributed by atoms with E-state index in [-0.39, 0.29) is 28.4 Å². The maximum Gasteiger partial charge on any atom is 0.248 e. The molecule has 0 aliphatic carbocycles. The number of piperidine rings is 1. The van der Waals surface area contributed by atoms with Gasteiger partial charge >= 0.3 is 0 Å². The van der Waals surface area contributed by atoms with Crippen LogP contribution in [0.1, 0.15) is 19.8 Å². The van der Waals surface area contributed by atoms with Crippen LogP contribution in [0.15, 0.2) is 17.0 Å². The van der Waals surface area contributed by atoms with Gasteiger partial charge in [-0.3, -0.25) is 0 Å². The Morgan fingerprint density at radius 2 is 1.79 bits per heavy atom. The Hall–Kier alpha value is -1.51. The molecule has 1 aliphatic rings. The highest BCUT2D eigenvalue weighted by atomic mass is 32.2. The molecular formula is C16H26N2O5S.